The highest BCUT2D eigenvalue weighted by Crippen LogP contribution is 2.25. The number of halogens is 3. The SMILES string of the molecule is CS(=O)(=O)c1ccc(OCC2CN(CCc3cc(Cl)ccc3OC(F)F)CCN2)cc1. The van der Waals surface area contributed by atoms with E-state index in [-0.39, 0.29) is 16.7 Å². The summed E-state index contributed by atoms with van der Waals surface area (Å²) in [7, 11) is -3.24. The van der Waals surface area contributed by atoms with Crippen molar-refractivity contribution in [3.05, 3.63) is 53.1 Å². The summed E-state index contributed by atoms with van der Waals surface area (Å²) in [6, 6.07) is 11.1. The van der Waals surface area contributed by atoms with E-state index in [2.05, 4.69) is 15.0 Å². The second-order valence-corrected chi connectivity index (χ2v) is 9.84. The van der Waals surface area contributed by atoms with Gasteiger partial charge in [-0.15, -0.1) is 0 Å². The first-order valence-electron chi connectivity index (χ1n) is 9.82. The van der Waals surface area contributed by atoms with Crippen LogP contribution in [-0.2, 0) is 16.3 Å². The van der Waals surface area contributed by atoms with Crippen LogP contribution in [0.1, 0.15) is 5.56 Å². The molecule has 1 fully saturated rings. The molecule has 3 rings (SSSR count). The summed E-state index contributed by atoms with van der Waals surface area (Å²) in [6.45, 7) is 0.536. The molecule has 2 aromatic carbocycles. The maximum Gasteiger partial charge on any atom is 0.387 e. The van der Waals surface area contributed by atoms with Gasteiger partial charge in [0, 0.05) is 37.5 Å². The predicted octanol–water partition coefficient (Wildman–Crippen LogP) is 3.24. The molecule has 31 heavy (non-hydrogen) atoms. The zero-order valence-corrected chi connectivity index (χ0v) is 18.6. The Morgan fingerprint density at radius 1 is 1.23 bits per heavy atom. The summed E-state index contributed by atoms with van der Waals surface area (Å²) in [5, 5.41) is 3.87. The fourth-order valence-electron chi connectivity index (χ4n) is 3.42. The van der Waals surface area contributed by atoms with Gasteiger partial charge in [0.25, 0.3) is 0 Å². The number of nitrogens with zero attached hydrogens (tertiary/aromatic N) is 1. The maximum atomic E-state index is 12.6. The van der Waals surface area contributed by atoms with Gasteiger partial charge in [-0.1, -0.05) is 11.6 Å². The van der Waals surface area contributed by atoms with Crippen LogP contribution in [0.5, 0.6) is 11.5 Å². The first-order chi connectivity index (χ1) is 14.7. The number of rotatable bonds is 9. The van der Waals surface area contributed by atoms with E-state index in [1.165, 1.54) is 24.3 Å². The van der Waals surface area contributed by atoms with Crippen molar-refractivity contribution < 1.29 is 26.7 Å². The van der Waals surface area contributed by atoms with Crippen LogP contribution in [0.25, 0.3) is 0 Å². The molecule has 2 aromatic rings. The Morgan fingerprint density at radius 3 is 2.65 bits per heavy atom. The molecule has 0 radical (unpaired) electrons. The Hall–Kier alpha value is -1.94. The van der Waals surface area contributed by atoms with E-state index >= 15 is 0 Å². The van der Waals surface area contributed by atoms with Gasteiger partial charge in [-0.25, -0.2) is 8.42 Å². The van der Waals surface area contributed by atoms with Crippen molar-refractivity contribution in [1.82, 2.24) is 10.2 Å². The lowest BCUT2D eigenvalue weighted by atomic mass is 10.1. The fraction of sp³-hybridized carbons (Fsp3) is 0.429. The van der Waals surface area contributed by atoms with Crippen molar-refractivity contribution in [3.63, 3.8) is 0 Å². The van der Waals surface area contributed by atoms with E-state index < -0.39 is 16.4 Å². The van der Waals surface area contributed by atoms with Crippen LogP contribution in [0.4, 0.5) is 8.78 Å². The van der Waals surface area contributed by atoms with Crippen molar-refractivity contribution in [2.45, 2.75) is 24.0 Å². The van der Waals surface area contributed by atoms with Gasteiger partial charge in [-0.3, -0.25) is 0 Å². The second kappa shape index (κ2) is 10.6. The minimum Gasteiger partial charge on any atom is -0.492 e. The number of hydrogen-bond acceptors (Lipinski definition) is 6. The number of piperazine rings is 1. The fourth-order valence-corrected chi connectivity index (χ4v) is 4.25. The Morgan fingerprint density at radius 2 is 1.97 bits per heavy atom. The Bertz CT molecular complexity index is 974. The van der Waals surface area contributed by atoms with Crippen LogP contribution in [0.3, 0.4) is 0 Å². The maximum absolute atomic E-state index is 12.6. The van der Waals surface area contributed by atoms with Gasteiger partial charge in [0.2, 0.25) is 0 Å². The monoisotopic (exact) mass is 474 g/mol. The van der Waals surface area contributed by atoms with Gasteiger partial charge in [-0.05, 0) is 54.4 Å². The van der Waals surface area contributed by atoms with E-state index in [1.54, 1.807) is 18.2 Å². The van der Waals surface area contributed by atoms with E-state index in [4.69, 9.17) is 16.3 Å². The average molecular weight is 475 g/mol. The third-order valence-electron chi connectivity index (χ3n) is 4.98. The lowest BCUT2D eigenvalue weighted by Gasteiger charge is -2.33. The van der Waals surface area contributed by atoms with Gasteiger partial charge in [0.15, 0.2) is 9.84 Å². The highest BCUT2D eigenvalue weighted by Gasteiger charge is 2.20. The van der Waals surface area contributed by atoms with Crippen LogP contribution in [0.15, 0.2) is 47.4 Å². The molecule has 0 saturated carbocycles. The third-order valence-corrected chi connectivity index (χ3v) is 6.34. The molecule has 0 aromatic heterocycles. The zero-order chi connectivity index (χ0) is 22.4. The molecule has 0 aliphatic carbocycles. The quantitative estimate of drug-likeness (QED) is 0.602. The number of alkyl halides is 2. The third kappa shape index (κ3) is 7.31. The van der Waals surface area contributed by atoms with E-state index in [0.717, 1.165) is 25.9 Å². The minimum atomic E-state index is -3.24. The predicted molar refractivity (Wildman–Crippen MR) is 115 cm³/mol. The van der Waals surface area contributed by atoms with Gasteiger partial charge in [0.1, 0.15) is 18.1 Å². The van der Waals surface area contributed by atoms with Crippen molar-refractivity contribution in [3.8, 4) is 11.5 Å². The average Bonchev–Trinajstić information content (AvgIpc) is 2.72. The number of ether oxygens (including phenoxy) is 2. The minimum absolute atomic E-state index is 0.0829. The summed E-state index contributed by atoms with van der Waals surface area (Å²) in [4.78, 5) is 2.47. The largest absolute Gasteiger partial charge is 0.492 e. The molecule has 170 valence electrons. The van der Waals surface area contributed by atoms with Crippen LogP contribution >= 0.6 is 11.6 Å². The second-order valence-electron chi connectivity index (χ2n) is 7.39. The number of benzene rings is 2. The molecule has 0 amide bonds. The lowest BCUT2D eigenvalue weighted by molar-refractivity contribution is -0.0505. The van der Waals surface area contributed by atoms with Crippen molar-refractivity contribution in [2.24, 2.45) is 0 Å². The first-order valence-corrected chi connectivity index (χ1v) is 12.1. The molecule has 1 aliphatic heterocycles. The Balaban J connectivity index is 1.51. The van der Waals surface area contributed by atoms with Crippen LogP contribution in [0, 0.1) is 0 Å². The molecule has 10 heteroatoms. The molecule has 1 unspecified atom stereocenters. The molecule has 1 saturated heterocycles. The first kappa shape index (κ1) is 23.7. The normalized spacial score (nSPS) is 17.6. The van der Waals surface area contributed by atoms with Crippen LogP contribution < -0.4 is 14.8 Å². The van der Waals surface area contributed by atoms with Crippen molar-refractivity contribution >= 4 is 21.4 Å². The molecule has 0 bridgehead atoms. The van der Waals surface area contributed by atoms with E-state index in [1.807, 2.05) is 0 Å². The highest BCUT2D eigenvalue weighted by atomic mass is 35.5. The van der Waals surface area contributed by atoms with Gasteiger partial charge >= 0.3 is 6.61 Å². The van der Waals surface area contributed by atoms with Crippen molar-refractivity contribution in [1.29, 1.82) is 0 Å². The molecule has 1 N–H and O–H groups in total. The number of sulfone groups is 1. The topological polar surface area (TPSA) is 67.9 Å². The summed E-state index contributed by atoms with van der Waals surface area (Å²) in [5.74, 6) is 0.742. The summed E-state index contributed by atoms with van der Waals surface area (Å²) >= 11 is 6.02. The highest BCUT2D eigenvalue weighted by molar-refractivity contribution is 7.90. The zero-order valence-electron chi connectivity index (χ0n) is 17.1. The molecule has 1 atom stereocenters. The van der Waals surface area contributed by atoms with Crippen molar-refractivity contribution in [2.75, 3.05) is 39.0 Å². The molecule has 6 nitrogen and oxygen atoms in total. The smallest absolute Gasteiger partial charge is 0.387 e. The van der Waals surface area contributed by atoms with Gasteiger partial charge in [0.05, 0.1) is 10.9 Å². The van der Waals surface area contributed by atoms with Gasteiger partial charge in [-0.2, -0.15) is 8.78 Å². The number of nitrogens with one attached hydrogen (secondary N) is 1. The molecule has 0 spiro atoms. The van der Waals surface area contributed by atoms with E-state index in [9.17, 15) is 17.2 Å². The van der Waals surface area contributed by atoms with Crippen LogP contribution in [-0.4, -0.2) is 65.0 Å². The molecule has 1 aliphatic rings. The van der Waals surface area contributed by atoms with Gasteiger partial charge < -0.3 is 19.7 Å². The standard InChI is InChI=1S/C21H25ClF2N2O4S/c1-31(27,28)19-5-3-18(4-6-19)29-14-17-13-26(11-9-25-17)10-8-15-12-16(22)2-7-20(15)30-21(23)24/h2-7,12,17,21,25H,8-11,13-14H2,1H3. The lowest BCUT2D eigenvalue weighted by Crippen LogP contribution is -2.53. The molecular formula is C21H25ClF2N2O4S. The van der Waals surface area contributed by atoms with Crippen LogP contribution in [0.2, 0.25) is 5.02 Å². The molecular weight excluding hydrogens is 450 g/mol. The Kier molecular flexibility index (Phi) is 8.10. The summed E-state index contributed by atoms with van der Waals surface area (Å²) in [5.41, 5.74) is 0.644. The number of hydrogen-bond donors (Lipinski definition) is 1. The molecule has 1 heterocycles. The summed E-state index contributed by atoms with van der Waals surface area (Å²) < 4.78 is 58.7. The summed E-state index contributed by atoms with van der Waals surface area (Å²) in [6.07, 6.45) is 1.69. The Labute approximate surface area is 186 Å². The van der Waals surface area contributed by atoms with E-state index in [0.29, 0.717) is 35.9 Å².